The average molecular weight is 315 g/mol. The molecule has 3 rings (SSSR count). The van der Waals surface area contributed by atoms with Crippen LogP contribution in [0.4, 0.5) is 10.8 Å². The summed E-state index contributed by atoms with van der Waals surface area (Å²) >= 11 is 1.25. The van der Waals surface area contributed by atoms with Crippen LogP contribution in [0.5, 0.6) is 0 Å². The quantitative estimate of drug-likeness (QED) is 0.835. The van der Waals surface area contributed by atoms with Gasteiger partial charge in [-0.2, -0.15) is 4.37 Å². The summed E-state index contributed by atoms with van der Waals surface area (Å²) in [7, 11) is -3.31. The molecule has 2 aliphatic carbocycles. The monoisotopic (exact) mass is 315 g/mol. The van der Waals surface area contributed by atoms with Crippen molar-refractivity contribution in [3.8, 4) is 0 Å². The summed E-state index contributed by atoms with van der Waals surface area (Å²) < 4.78 is 29.0. The predicted molar refractivity (Wildman–Crippen MR) is 82.0 cm³/mol. The molecule has 2 N–H and O–H groups in total. The second-order valence-corrected chi connectivity index (χ2v) is 8.65. The minimum absolute atomic E-state index is 0.143. The lowest BCUT2D eigenvalue weighted by molar-refractivity contribution is 0.594. The van der Waals surface area contributed by atoms with Gasteiger partial charge in [-0.25, -0.2) is 8.42 Å². The molecule has 0 bridgehead atoms. The van der Waals surface area contributed by atoms with E-state index in [-0.39, 0.29) is 16.5 Å². The first-order valence-electron chi connectivity index (χ1n) is 7.27. The van der Waals surface area contributed by atoms with Crippen molar-refractivity contribution in [3.05, 3.63) is 0 Å². The van der Waals surface area contributed by atoms with E-state index in [0.29, 0.717) is 12.5 Å². The van der Waals surface area contributed by atoms with Gasteiger partial charge in [-0.05, 0) is 49.6 Å². The predicted octanol–water partition coefficient (Wildman–Crippen LogP) is 2.29. The number of hydrogen-bond acceptors (Lipinski definition) is 6. The van der Waals surface area contributed by atoms with E-state index in [4.69, 9.17) is 5.73 Å². The zero-order chi connectivity index (χ0) is 14.3. The Bertz CT molecular complexity index is 589. The smallest absolute Gasteiger partial charge is 0.185 e. The fourth-order valence-corrected chi connectivity index (χ4v) is 5.33. The Labute approximate surface area is 124 Å². The van der Waals surface area contributed by atoms with Crippen molar-refractivity contribution in [2.75, 3.05) is 22.9 Å². The molecule has 0 spiro atoms. The average Bonchev–Trinajstić information content (AvgIpc) is 3.25. The zero-order valence-electron chi connectivity index (χ0n) is 11.7. The molecule has 0 amide bonds. The van der Waals surface area contributed by atoms with E-state index in [1.807, 2.05) is 6.92 Å². The molecule has 0 atom stereocenters. The zero-order valence-corrected chi connectivity index (χ0v) is 13.3. The fourth-order valence-electron chi connectivity index (χ4n) is 2.49. The summed E-state index contributed by atoms with van der Waals surface area (Å²) in [4.78, 5) is 2.55. The third-order valence-corrected chi connectivity index (χ3v) is 6.84. The Morgan fingerprint density at radius 1 is 1.35 bits per heavy atom. The molecule has 2 saturated carbocycles. The van der Waals surface area contributed by atoms with Crippen LogP contribution in [0.3, 0.4) is 0 Å². The molecule has 0 aromatic carbocycles. The minimum atomic E-state index is -3.31. The van der Waals surface area contributed by atoms with Gasteiger partial charge in [0.2, 0.25) is 0 Å². The van der Waals surface area contributed by atoms with Crippen LogP contribution < -0.4 is 10.6 Å². The SMILES string of the molecule is CCCS(=O)(=O)c1c(N)nsc1N(CC1CC1)C1CC1. The van der Waals surface area contributed by atoms with Gasteiger partial charge < -0.3 is 10.6 Å². The highest BCUT2D eigenvalue weighted by molar-refractivity contribution is 7.91. The van der Waals surface area contributed by atoms with Gasteiger partial charge >= 0.3 is 0 Å². The van der Waals surface area contributed by atoms with Gasteiger partial charge in [0.25, 0.3) is 0 Å². The summed E-state index contributed by atoms with van der Waals surface area (Å²) in [5, 5.41) is 0.783. The highest BCUT2D eigenvalue weighted by Crippen LogP contribution is 2.43. The first-order chi connectivity index (χ1) is 9.53. The summed E-state index contributed by atoms with van der Waals surface area (Å²) in [5.41, 5.74) is 5.86. The van der Waals surface area contributed by atoms with Crippen LogP contribution in [-0.4, -0.2) is 31.1 Å². The Kier molecular flexibility index (Phi) is 3.66. The van der Waals surface area contributed by atoms with Crippen LogP contribution in [0.25, 0.3) is 0 Å². The maximum absolute atomic E-state index is 12.4. The molecule has 1 aromatic rings. The van der Waals surface area contributed by atoms with Crippen molar-refractivity contribution in [2.45, 2.75) is 50.0 Å². The largest absolute Gasteiger partial charge is 0.382 e. The van der Waals surface area contributed by atoms with Crippen LogP contribution in [0.2, 0.25) is 0 Å². The molecule has 0 radical (unpaired) electrons. The van der Waals surface area contributed by atoms with Crippen molar-refractivity contribution in [1.82, 2.24) is 4.37 Å². The van der Waals surface area contributed by atoms with E-state index in [1.54, 1.807) is 0 Å². The molecular weight excluding hydrogens is 294 g/mol. The van der Waals surface area contributed by atoms with Crippen molar-refractivity contribution >= 4 is 32.2 Å². The Balaban J connectivity index is 1.95. The fraction of sp³-hybridized carbons (Fsp3) is 0.769. The number of nitrogens with zero attached hydrogens (tertiary/aromatic N) is 2. The maximum Gasteiger partial charge on any atom is 0.185 e. The van der Waals surface area contributed by atoms with Crippen LogP contribution in [0.15, 0.2) is 4.90 Å². The molecule has 112 valence electrons. The number of nitrogens with two attached hydrogens (primary N) is 1. The molecule has 20 heavy (non-hydrogen) atoms. The lowest BCUT2D eigenvalue weighted by Crippen LogP contribution is -2.28. The number of aromatic nitrogens is 1. The highest BCUT2D eigenvalue weighted by Gasteiger charge is 2.38. The van der Waals surface area contributed by atoms with Crippen LogP contribution in [-0.2, 0) is 9.84 Å². The first kappa shape index (κ1) is 14.1. The second-order valence-electron chi connectivity index (χ2n) is 5.85. The minimum Gasteiger partial charge on any atom is -0.382 e. The van der Waals surface area contributed by atoms with Crippen molar-refractivity contribution in [3.63, 3.8) is 0 Å². The van der Waals surface area contributed by atoms with Crippen molar-refractivity contribution in [1.29, 1.82) is 0 Å². The van der Waals surface area contributed by atoms with Crippen LogP contribution in [0, 0.1) is 5.92 Å². The van der Waals surface area contributed by atoms with Gasteiger partial charge in [0.15, 0.2) is 15.7 Å². The standard InChI is InChI=1S/C13H21N3O2S2/c1-2-7-20(17,18)11-12(14)15-19-13(11)16(10-5-6-10)8-9-3-4-9/h9-10H,2-8H2,1H3,(H2,14,15). The molecular formula is C13H21N3O2S2. The number of rotatable bonds is 7. The number of nitrogen functional groups attached to an aromatic ring is 1. The molecule has 1 aromatic heterocycles. The van der Waals surface area contributed by atoms with Crippen LogP contribution >= 0.6 is 11.5 Å². The van der Waals surface area contributed by atoms with Gasteiger partial charge in [-0.15, -0.1) is 0 Å². The molecule has 7 heteroatoms. The van der Waals surface area contributed by atoms with Gasteiger partial charge in [-0.3, -0.25) is 0 Å². The lowest BCUT2D eigenvalue weighted by atomic mass is 10.3. The highest BCUT2D eigenvalue weighted by atomic mass is 32.2. The lowest BCUT2D eigenvalue weighted by Gasteiger charge is -2.23. The second kappa shape index (κ2) is 5.18. The molecule has 0 aliphatic heterocycles. The van der Waals surface area contributed by atoms with Gasteiger partial charge in [0, 0.05) is 12.6 Å². The van der Waals surface area contributed by atoms with Gasteiger partial charge in [-0.1, -0.05) is 6.92 Å². The molecule has 2 fully saturated rings. The third-order valence-electron chi connectivity index (χ3n) is 3.84. The summed E-state index contributed by atoms with van der Waals surface area (Å²) in [6.07, 6.45) is 5.42. The van der Waals surface area contributed by atoms with Crippen LogP contribution in [0.1, 0.15) is 39.0 Å². The Morgan fingerprint density at radius 2 is 2.05 bits per heavy atom. The summed E-state index contributed by atoms with van der Waals surface area (Å²) in [6.45, 7) is 2.83. The van der Waals surface area contributed by atoms with Crippen molar-refractivity contribution < 1.29 is 8.42 Å². The number of sulfone groups is 1. The van der Waals surface area contributed by atoms with E-state index in [2.05, 4.69) is 9.27 Å². The Hall–Kier alpha value is -0.820. The molecule has 0 saturated heterocycles. The van der Waals surface area contributed by atoms with E-state index in [1.165, 1.54) is 24.4 Å². The van der Waals surface area contributed by atoms with E-state index >= 15 is 0 Å². The third kappa shape index (κ3) is 2.79. The molecule has 1 heterocycles. The summed E-state index contributed by atoms with van der Waals surface area (Å²) in [5.74, 6) is 1.05. The van der Waals surface area contributed by atoms with Gasteiger partial charge in [0.1, 0.15) is 9.90 Å². The topological polar surface area (TPSA) is 76.3 Å². The van der Waals surface area contributed by atoms with E-state index in [0.717, 1.165) is 30.3 Å². The summed E-state index contributed by atoms with van der Waals surface area (Å²) in [6, 6.07) is 0.492. The molecule has 0 unspecified atom stereocenters. The maximum atomic E-state index is 12.4. The normalized spacial score (nSPS) is 19.2. The number of anilines is 2. The van der Waals surface area contributed by atoms with E-state index < -0.39 is 9.84 Å². The Morgan fingerprint density at radius 3 is 2.60 bits per heavy atom. The first-order valence-corrected chi connectivity index (χ1v) is 9.70. The van der Waals surface area contributed by atoms with Crippen molar-refractivity contribution in [2.24, 2.45) is 5.92 Å². The van der Waals surface area contributed by atoms with Gasteiger partial charge in [0.05, 0.1) is 5.75 Å². The number of hydrogen-bond donors (Lipinski definition) is 1. The van der Waals surface area contributed by atoms with E-state index in [9.17, 15) is 8.42 Å². The molecule has 2 aliphatic rings. The molecule has 5 nitrogen and oxygen atoms in total.